The minimum absolute atomic E-state index is 0.0346. The second-order valence-electron chi connectivity index (χ2n) is 3.48. The number of hydroxylamine groups is 2. The number of phenols is 1. The SMILES string of the molecule is O=C(ON1C(=O)CCC1=O)c1ccccc1O. The summed E-state index contributed by atoms with van der Waals surface area (Å²) in [5, 5.41) is 9.84. The molecule has 2 rings (SSSR count). The Morgan fingerprint density at radius 1 is 1.18 bits per heavy atom. The van der Waals surface area contributed by atoms with Crippen LogP contribution in [0.15, 0.2) is 24.3 Å². The number of carbonyl (C=O) groups excluding carboxylic acids is 3. The number of hydrogen-bond donors (Lipinski definition) is 1. The van der Waals surface area contributed by atoms with Crippen molar-refractivity contribution in [3.63, 3.8) is 0 Å². The number of nitrogens with zero attached hydrogens (tertiary/aromatic N) is 1. The van der Waals surface area contributed by atoms with Crippen molar-refractivity contribution in [1.29, 1.82) is 0 Å². The molecule has 0 saturated carbocycles. The zero-order valence-electron chi connectivity index (χ0n) is 8.75. The summed E-state index contributed by atoms with van der Waals surface area (Å²) in [6.07, 6.45) is 0.0692. The molecule has 88 valence electrons. The maximum Gasteiger partial charge on any atom is 0.367 e. The van der Waals surface area contributed by atoms with Crippen LogP contribution in [-0.2, 0) is 14.4 Å². The third kappa shape index (κ3) is 2.10. The highest BCUT2D eigenvalue weighted by Gasteiger charge is 2.33. The Hall–Kier alpha value is -2.37. The molecule has 0 bridgehead atoms. The number of aromatic hydroxyl groups is 1. The van der Waals surface area contributed by atoms with Gasteiger partial charge in [0.1, 0.15) is 11.3 Å². The van der Waals surface area contributed by atoms with Crippen molar-refractivity contribution in [2.24, 2.45) is 0 Å². The standard InChI is InChI=1S/C11H9NO5/c13-8-4-2-1-3-7(8)11(16)17-12-9(14)5-6-10(12)15/h1-4,13H,5-6H2. The maximum atomic E-state index is 11.6. The van der Waals surface area contributed by atoms with Gasteiger partial charge in [-0.3, -0.25) is 9.59 Å². The molecule has 0 atom stereocenters. The van der Waals surface area contributed by atoms with Crippen LogP contribution in [-0.4, -0.2) is 28.0 Å². The summed E-state index contributed by atoms with van der Waals surface area (Å²) in [5.74, 6) is -2.32. The van der Waals surface area contributed by atoms with Crippen LogP contribution in [0.2, 0.25) is 0 Å². The third-order valence-electron chi connectivity index (χ3n) is 2.30. The first-order valence-electron chi connectivity index (χ1n) is 4.95. The molecule has 1 aliphatic heterocycles. The number of imide groups is 1. The summed E-state index contributed by atoms with van der Waals surface area (Å²) in [7, 11) is 0. The van der Waals surface area contributed by atoms with Crippen molar-refractivity contribution >= 4 is 17.8 Å². The summed E-state index contributed by atoms with van der Waals surface area (Å²) in [6.45, 7) is 0. The fourth-order valence-corrected chi connectivity index (χ4v) is 1.44. The minimum atomic E-state index is -0.938. The van der Waals surface area contributed by atoms with Crippen LogP contribution in [0.3, 0.4) is 0 Å². The first-order valence-corrected chi connectivity index (χ1v) is 4.95. The summed E-state index contributed by atoms with van der Waals surface area (Å²) < 4.78 is 0. The normalized spacial score (nSPS) is 15.2. The van der Waals surface area contributed by atoms with Gasteiger partial charge < -0.3 is 9.94 Å². The second kappa shape index (κ2) is 4.25. The number of carbonyl (C=O) groups is 3. The molecule has 0 spiro atoms. The minimum Gasteiger partial charge on any atom is -0.507 e. The molecule has 2 amide bonds. The van der Waals surface area contributed by atoms with Crippen molar-refractivity contribution in [3.05, 3.63) is 29.8 Å². The van der Waals surface area contributed by atoms with E-state index in [1.54, 1.807) is 0 Å². The van der Waals surface area contributed by atoms with Gasteiger partial charge in [-0.25, -0.2) is 4.79 Å². The lowest BCUT2D eigenvalue weighted by molar-refractivity contribution is -0.172. The molecule has 0 unspecified atom stereocenters. The molecule has 6 heteroatoms. The van der Waals surface area contributed by atoms with Crippen LogP contribution >= 0.6 is 0 Å². The van der Waals surface area contributed by atoms with E-state index in [9.17, 15) is 19.5 Å². The Bertz CT molecular complexity index is 480. The van der Waals surface area contributed by atoms with E-state index in [0.717, 1.165) is 0 Å². The lowest BCUT2D eigenvalue weighted by Crippen LogP contribution is -2.32. The molecule has 1 N–H and O–H groups in total. The first kappa shape index (κ1) is 11.1. The van der Waals surface area contributed by atoms with Crippen molar-refractivity contribution in [3.8, 4) is 5.75 Å². The fraction of sp³-hybridized carbons (Fsp3) is 0.182. The zero-order valence-corrected chi connectivity index (χ0v) is 8.75. The van der Waals surface area contributed by atoms with Crippen LogP contribution < -0.4 is 0 Å². The number of phenolic OH excluding ortho intramolecular Hbond substituents is 1. The number of rotatable bonds is 2. The molecular weight excluding hydrogens is 226 g/mol. The van der Waals surface area contributed by atoms with Gasteiger partial charge in [0.2, 0.25) is 0 Å². The Kier molecular flexibility index (Phi) is 2.78. The molecule has 1 aromatic carbocycles. The zero-order chi connectivity index (χ0) is 12.4. The highest BCUT2D eigenvalue weighted by molar-refractivity contribution is 6.03. The van der Waals surface area contributed by atoms with Gasteiger partial charge >= 0.3 is 5.97 Å². The quantitative estimate of drug-likeness (QED) is 0.759. The average Bonchev–Trinajstić information content (AvgIpc) is 2.61. The Morgan fingerprint density at radius 2 is 1.76 bits per heavy atom. The average molecular weight is 235 g/mol. The summed E-state index contributed by atoms with van der Waals surface area (Å²) >= 11 is 0. The molecule has 1 saturated heterocycles. The largest absolute Gasteiger partial charge is 0.507 e. The number of benzene rings is 1. The number of amides is 2. The van der Waals surface area contributed by atoms with Crippen LogP contribution in [0.25, 0.3) is 0 Å². The van der Waals surface area contributed by atoms with Crippen LogP contribution in [0.1, 0.15) is 23.2 Å². The summed E-state index contributed by atoms with van der Waals surface area (Å²) in [4.78, 5) is 38.6. The lowest BCUT2D eigenvalue weighted by Gasteiger charge is -2.12. The van der Waals surface area contributed by atoms with Crippen LogP contribution in [0, 0.1) is 0 Å². The van der Waals surface area contributed by atoms with Crippen LogP contribution in [0.5, 0.6) is 5.75 Å². The maximum absolute atomic E-state index is 11.6. The van der Waals surface area contributed by atoms with E-state index < -0.39 is 17.8 Å². The van der Waals surface area contributed by atoms with Gasteiger partial charge in [0.15, 0.2) is 0 Å². The van der Waals surface area contributed by atoms with Gasteiger partial charge in [-0.15, -0.1) is 5.06 Å². The molecule has 0 radical (unpaired) electrons. The van der Waals surface area contributed by atoms with Gasteiger partial charge in [0.05, 0.1) is 0 Å². The molecule has 1 aromatic rings. The highest BCUT2D eigenvalue weighted by Crippen LogP contribution is 2.19. The van der Waals surface area contributed by atoms with Gasteiger partial charge in [-0.2, -0.15) is 0 Å². The fourth-order valence-electron chi connectivity index (χ4n) is 1.44. The number of para-hydroxylation sites is 1. The Balaban J connectivity index is 2.15. The second-order valence-corrected chi connectivity index (χ2v) is 3.48. The van der Waals surface area contributed by atoms with E-state index in [4.69, 9.17) is 0 Å². The van der Waals surface area contributed by atoms with Crippen molar-refractivity contribution in [2.45, 2.75) is 12.8 Å². The molecule has 0 aliphatic carbocycles. The topological polar surface area (TPSA) is 83.9 Å². The van der Waals surface area contributed by atoms with Gasteiger partial charge in [0, 0.05) is 12.8 Å². The molecule has 17 heavy (non-hydrogen) atoms. The Morgan fingerprint density at radius 3 is 2.35 bits per heavy atom. The molecule has 0 aromatic heterocycles. The van der Waals surface area contributed by atoms with Crippen LogP contribution in [0.4, 0.5) is 0 Å². The van der Waals surface area contributed by atoms with E-state index in [-0.39, 0.29) is 24.2 Å². The molecule has 1 aliphatic rings. The molecular formula is C11H9NO5. The predicted molar refractivity (Wildman–Crippen MR) is 54.6 cm³/mol. The van der Waals surface area contributed by atoms with E-state index in [2.05, 4.69) is 4.84 Å². The monoisotopic (exact) mass is 235 g/mol. The smallest absolute Gasteiger partial charge is 0.367 e. The lowest BCUT2D eigenvalue weighted by atomic mass is 10.2. The molecule has 6 nitrogen and oxygen atoms in total. The number of hydrogen-bond acceptors (Lipinski definition) is 5. The van der Waals surface area contributed by atoms with Gasteiger partial charge in [-0.1, -0.05) is 12.1 Å². The molecule has 1 fully saturated rings. The van der Waals surface area contributed by atoms with Crippen molar-refractivity contribution < 1.29 is 24.3 Å². The van der Waals surface area contributed by atoms with E-state index in [0.29, 0.717) is 5.06 Å². The Labute approximate surface area is 96.4 Å². The summed E-state index contributed by atoms with van der Waals surface area (Å²) in [5.41, 5.74) is -0.0972. The van der Waals surface area contributed by atoms with Crippen molar-refractivity contribution in [1.82, 2.24) is 5.06 Å². The first-order chi connectivity index (χ1) is 8.09. The van der Waals surface area contributed by atoms with Gasteiger partial charge in [-0.05, 0) is 12.1 Å². The third-order valence-corrected chi connectivity index (χ3v) is 2.30. The van der Waals surface area contributed by atoms with Crippen molar-refractivity contribution in [2.75, 3.05) is 0 Å². The predicted octanol–water partition coefficient (Wildman–Crippen LogP) is 0.613. The van der Waals surface area contributed by atoms with E-state index in [1.165, 1.54) is 24.3 Å². The van der Waals surface area contributed by atoms with Gasteiger partial charge in [0.25, 0.3) is 11.8 Å². The summed E-state index contributed by atoms with van der Waals surface area (Å²) in [6, 6.07) is 5.72. The molecule has 1 heterocycles. The highest BCUT2D eigenvalue weighted by atomic mass is 16.7. The van der Waals surface area contributed by atoms with E-state index >= 15 is 0 Å². The van der Waals surface area contributed by atoms with E-state index in [1.807, 2.05) is 0 Å².